The molecular formula is C36H42ClF2N9O2. The molecule has 4 aliphatic heterocycles. The zero-order chi connectivity index (χ0) is 35.1. The van der Waals surface area contributed by atoms with Gasteiger partial charge in [0, 0.05) is 69.0 Å². The molecule has 0 saturated carbocycles. The van der Waals surface area contributed by atoms with E-state index in [0.29, 0.717) is 53.3 Å². The Labute approximate surface area is 295 Å². The first-order valence-corrected chi connectivity index (χ1v) is 17.5. The average molecular weight is 706 g/mol. The van der Waals surface area contributed by atoms with Crippen molar-refractivity contribution < 1.29 is 18.3 Å². The number of carbonyl (C=O) groups excluding carboxylic acids is 1. The van der Waals surface area contributed by atoms with E-state index < -0.39 is 12.0 Å². The minimum atomic E-state index is -0.688. The predicted molar refractivity (Wildman–Crippen MR) is 192 cm³/mol. The number of likely N-dealkylation sites (N-methyl/N-ethyl adjacent to an activating group) is 2. The molecule has 0 aliphatic carbocycles. The van der Waals surface area contributed by atoms with Crippen LogP contribution in [0.15, 0.2) is 42.6 Å². The molecule has 50 heavy (non-hydrogen) atoms. The molecule has 4 atom stereocenters. The maximum Gasteiger partial charge on any atom is 0.318 e. The number of fused-ring (bicyclic) bond motifs is 3. The molecule has 8 rings (SSSR count). The van der Waals surface area contributed by atoms with Crippen LogP contribution in [0, 0.1) is 5.82 Å². The number of likely N-dealkylation sites (tertiary alicyclic amines) is 2. The van der Waals surface area contributed by atoms with Gasteiger partial charge in [0.25, 0.3) is 0 Å². The number of hydrogen-bond donors (Lipinski definition) is 1. The number of alkyl halides is 1. The van der Waals surface area contributed by atoms with Crippen molar-refractivity contribution in [2.24, 2.45) is 0 Å². The van der Waals surface area contributed by atoms with Gasteiger partial charge in [-0.05, 0) is 63.2 Å². The molecule has 4 unspecified atom stereocenters. The number of ether oxygens (including phenoxy) is 1. The Balaban J connectivity index is 0.000000375. The molecule has 4 saturated heterocycles. The van der Waals surface area contributed by atoms with Gasteiger partial charge in [0.05, 0.1) is 17.5 Å². The highest BCUT2D eigenvalue weighted by molar-refractivity contribution is 6.36. The van der Waals surface area contributed by atoms with E-state index in [1.807, 2.05) is 36.0 Å². The average Bonchev–Trinajstić information content (AvgIpc) is 3.84. The summed E-state index contributed by atoms with van der Waals surface area (Å²) in [5, 5.41) is 2.08. The minimum Gasteiger partial charge on any atom is -0.467 e. The van der Waals surface area contributed by atoms with Gasteiger partial charge in [0.1, 0.15) is 34.7 Å². The summed E-state index contributed by atoms with van der Waals surface area (Å²) in [4.78, 5) is 38.8. The third-order valence-corrected chi connectivity index (χ3v) is 10.8. The molecule has 4 aliphatic rings. The quantitative estimate of drug-likeness (QED) is 0.271. The fourth-order valence-corrected chi connectivity index (χ4v) is 7.81. The number of hydrogen-bond acceptors (Lipinski definition) is 10. The van der Waals surface area contributed by atoms with E-state index >= 15 is 4.39 Å². The topological polar surface area (TPSA) is 117 Å². The standard InChI is InChI=1S/C29H30ClFN8O2.C7H12FN/c1-37-11-9-17(37)7-8-22(40)39-12-10-18(15-39)38(2)28-19-14-33-27(24(31)25(19)35-29(36-28)41-3)26-23-16(13-21(32)34-26)5-4-6-20(23)30;8-6-4-7-2-1-3-9(7)5-6/h4-8,13-14,17-18H,9-12,15H2,1-3H3,(H2,32,34);6-7H,1-5H2/b8-7+;. The van der Waals surface area contributed by atoms with Gasteiger partial charge in [0.2, 0.25) is 5.91 Å². The number of nitrogens with two attached hydrogens (primary N) is 1. The Morgan fingerprint density at radius 3 is 2.70 bits per heavy atom. The number of halogens is 3. The molecule has 1 aromatic carbocycles. The zero-order valence-electron chi connectivity index (χ0n) is 28.5. The normalized spacial score (nSPS) is 23.7. The van der Waals surface area contributed by atoms with Crippen molar-refractivity contribution >= 4 is 50.8 Å². The third kappa shape index (κ3) is 6.66. The van der Waals surface area contributed by atoms with Gasteiger partial charge < -0.3 is 20.3 Å². The number of rotatable bonds is 6. The van der Waals surface area contributed by atoms with E-state index in [-0.39, 0.29) is 40.7 Å². The van der Waals surface area contributed by atoms with E-state index in [0.717, 1.165) is 37.7 Å². The van der Waals surface area contributed by atoms with Gasteiger partial charge in [-0.15, -0.1) is 0 Å². The third-order valence-electron chi connectivity index (χ3n) is 10.5. The first-order chi connectivity index (χ1) is 24.1. The SMILES string of the molecule is COc1nc(N(C)C2CCN(C(=O)/C=C/C3CCN3C)C2)c2cnc(-c3nc(N)cc4cccc(Cl)c34)c(F)c2n1.FC1CC2CCCN2C1. The van der Waals surface area contributed by atoms with E-state index in [4.69, 9.17) is 22.1 Å². The lowest BCUT2D eigenvalue weighted by Gasteiger charge is -2.35. The number of pyridine rings is 2. The molecule has 11 nitrogen and oxygen atoms in total. The number of methoxy groups -OCH3 is 1. The molecule has 3 aromatic heterocycles. The maximum absolute atomic E-state index is 16.2. The maximum atomic E-state index is 16.2. The summed E-state index contributed by atoms with van der Waals surface area (Å²) in [5.74, 6) is -0.0264. The van der Waals surface area contributed by atoms with Crippen LogP contribution in [-0.2, 0) is 4.79 Å². The fraction of sp³-hybridized carbons (Fsp3) is 0.472. The number of nitrogen functional groups attached to an aromatic ring is 1. The molecule has 7 heterocycles. The van der Waals surface area contributed by atoms with E-state index in [1.54, 1.807) is 24.3 Å². The van der Waals surface area contributed by atoms with Crippen molar-refractivity contribution in [1.29, 1.82) is 0 Å². The van der Waals surface area contributed by atoms with Crippen LogP contribution in [0.25, 0.3) is 33.1 Å². The van der Waals surface area contributed by atoms with Crippen LogP contribution < -0.4 is 15.4 Å². The highest BCUT2D eigenvalue weighted by atomic mass is 35.5. The second-order valence-corrected chi connectivity index (χ2v) is 14.0. The van der Waals surface area contributed by atoms with Crippen molar-refractivity contribution in [3.05, 3.63) is 53.5 Å². The lowest BCUT2D eigenvalue weighted by molar-refractivity contribution is -0.125. The van der Waals surface area contributed by atoms with Gasteiger partial charge in [-0.2, -0.15) is 9.97 Å². The zero-order valence-corrected chi connectivity index (χ0v) is 29.3. The highest BCUT2D eigenvalue weighted by Gasteiger charge is 2.35. The van der Waals surface area contributed by atoms with Crippen molar-refractivity contribution in [1.82, 2.24) is 34.6 Å². The smallest absolute Gasteiger partial charge is 0.318 e. The Morgan fingerprint density at radius 2 is 1.96 bits per heavy atom. The molecule has 0 radical (unpaired) electrons. The Hall–Kier alpha value is -4.20. The first-order valence-electron chi connectivity index (χ1n) is 17.1. The fourth-order valence-electron chi connectivity index (χ4n) is 7.54. The van der Waals surface area contributed by atoms with Gasteiger partial charge in [-0.3, -0.25) is 19.6 Å². The summed E-state index contributed by atoms with van der Waals surface area (Å²) >= 11 is 6.49. The predicted octanol–water partition coefficient (Wildman–Crippen LogP) is 5.11. The summed E-state index contributed by atoms with van der Waals surface area (Å²) in [6.45, 7) is 4.04. The van der Waals surface area contributed by atoms with E-state index in [1.165, 1.54) is 26.1 Å². The second kappa shape index (κ2) is 14.2. The van der Waals surface area contributed by atoms with Crippen LogP contribution in [0.5, 0.6) is 6.01 Å². The molecule has 1 amide bonds. The summed E-state index contributed by atoms with van der Waals surface area (Å²) < 4.78 is 34.2. The van der Waals surface area contributed by atoms with Crippen LogP contribution in [0.1, 0.15) is 32.1 Å². The summed E-state index contributed by atoms with van der Waals surface area (Å²) in [7, 11) is 5.35. The van der Waals surface area contributed by atoms with Crippen molar-refractivity contribution in [3.8, 4) is 17.4 Å². The van der Waals surface area contributed by atoms with Gasteiger partial charge in [-0.25, -0.2) is 13.8 Å². The molecule has 14 heteroatoms. The molecule has 4 fully saturated rings. The molecule has 4 aromatic rings. The van der Waals surface area contributed by atoms with E-state index in [9.17, 15) is 9.18 Å². The van der Waals surface area contributed by atoms with Gasteiger partial charge in [0.15, 0.2) is 5.82 Å². The Kier molecular flexibility index (Phi) is 9.73. The summed E-state index contributed by atoms with van der Waals surface area (Å²) in [5.41, 5.74) is 6.28. The van der Waals surface area contributed by atoms with E-state index in [2.05, 4.69) is 29.7 Å². The summed E-state index contributed by atoms with van der Waals surface area (Å²) in [6.07, 6.45) is 9.79. The molecule has 0 spiro atoms. The number of benzene rings is 1. The Morgan fingerprint density at radius 1 is 1.12 bits per heavy atom. The van der Waals surface area contributed by atoms with Crippen molar-refractivity contribution in [2.75, 3.05) is 64.6 Å². The largest absolute Gasteiger partial charge is 0.467 e. The monoisotopic (exact) mass is 705 g/mol. The number of amides is 1. The van der Waals surface area contributed by atoms with Crippen LogP contribution in [0.3, 0.4) is 0 Å². The van der Waals surface area contributed by atoms with Crippen molar-refractivity contribution in [3.63, 3.8) is 0 Å². The summed E-state index contributed by atoms with van der Waals surface area (Å²) in [6, 6.07) is 7.92. The molecule has 0 bridgehead atoms. The highest BCUT2D eigenvalue weighted by Crippen LogP contribution is 2.37. The second-order valence-electron chi connectivity index (χ2n) is 13.6. The van der Waals surface area contributed by atoms with Crippen LogP contribution in [0.2, 0.25) is 5.02 Å². The number of anilines is 2. The van der Waals surface area contributed by atoms with Crippen LogP contribution in [-0.4, -0.2) is 119 Å². The number of nitrogens with zero attached hydrogens (tertiary/aromatic N) is 8. The van der Waals surface area contributed by atoms with Crippen molar-refractivity contribution in [2.45, 2.75) is 56.4 Å². The van der Waals surface area contributed by atoms with Gasteiger partial charge >= 0.3 is 6.01 Å². The lowest BCUT2D eigenvalue weighted by Crippen LogP contribution is -2.43. The molecule has 2 N–H and O–H groups in total. The molecule has 264 valence electrons. The number of carbonyl (C=O) groups is 1. The first kappa shape index (κ1) is 34.3. The Bertz CT molecular complexity index is 1940. The number of aromatic nitrogens is 4. The van der Waals surface area contributed by atoms with Gasteiger partial charge in [-0.1, -0.05) is 29.8 Å². The minimum absolute atomic E-state index is 0.01000. The van der Waals surface area contributed by atoms with Crippen LogP contribution in [0.4, 0.5) is 20.4 Å². The molecular weight excluding hydrogens is 664 g/mol. The lowest BCUT2D eigenvalue weighted by atomic mass is 10.0. The van der Waals surface area contributed by atoms with Crippen LogP contribution >= 0.6 is 11.6 Å².